The van der Waals surface area contributed by atoms with E-state index in [4.69, 9.17) is 4.42 Å². The van der Waals surface area contributed by atoms with Crippen LogP contribution in [0.4, 0.5) is 11.7 Å². The van der Waals surface area contributed by atoms with Crippen LogP contribution < -0.4 is 10.6 Å². The Kier molecular flexibility index (Phi) is 3.04. The van der Waals surface area contributed by atoms with E-state index in [1.165, 1.54) is 18.6 Å². The van der Waals surface area contributed by atoms with Gasteiger partial charge in [0.1, 0.15) is 5.52 Å². The monoisotopic (exact) mass is 262 g/mol. The number of nitrogens with zero attached hydrogens (tertiary/aromatic N) is 2. The number of non-ortho nitro benzene ring substituents is 1. The Hall–Kier alpha value is -2.15. The van der Waals surface area contributed by atoms with Crippen molar-refractivity contribution in [3.8, 4) is 0 Å². The van der Waals surface area contributed by atoms with E-state index in [0.29, 0.717) is 23.2 Å². The summed E-state index contributed by atoms with van der Waals surface area (Å²) in [6, 6.07) is 5.24. The summed E-state index contributed by atoms with van der Waals surface area (Å²) in [4.78, 5) is 14.4. The summed E-state index contributed by atoms with van der Waals surface area (Å²) in [5, 5.41) is 17.2. The van der Waals surface area contributed by atoms with Crippen LogP contribution >= 0.6 is 0 Å². The van der Waals surface area contributed by atoms with Crippen molar-refractivity contribution in [2.75, 3.05) is 18.4 Å². The number of nitro benzene ring substituents is 1. The van der Waals surface area contributed by atoms with E-state index in [2.05, 4.69) is 15.6 Å². The zero-order chi connectivity index (χ0) is 13.2. The van der Waals surface area contributed by atoms with Crippen molar-refractivity contribution in [3.05, 3.63) is 28.3 Å². The summed E-state index contributed by atoms with van der Waals surface area (Å²) in [6.45, 7) is 1.79. The van der Waals surface area contributed by atoms with Gasteiger partial charge in [-0.15, -0.1) is 0 Å². The zero-order valence-corrected chi connectivity index (χ0v) is 10.3. The van der Waals surface area contributed by atoms with Gasteiger partial charge in [0.25, 0.3) is 11.7 Å². The highest BCUT2D eigenvalue weighted by Crippen LogP contribution is 2.23. The van der Waals surface area contributed by atoms with Crippen molar-refractivity contribution < 1.29 is 9.34 Å². The second kappa shape index (κ2) is 4.85. The van der Waals surface area contributed by atoms with E-state index < -0.39 is 4.92 Å². The third kappa shape index (κ3) is 2.50. The first-order valence-corrected chi connectivity index (χ1v) is 6.24. The molecule has 7 heteroatoms. The largest absolute Gasteiger partial charge is 0.424 e. The highest BCUT2D eigenvalue weighted by Gasteiger charge is 2.15. The van der Waals surface area contributed by atoms with Crippen molar-refractivity contribution in [3.63, 3.8) is 0 Å². The molecule has 0 bridgehead atoms. The molecular weight excluding hydrogens is 248 g/mol. The maximum absolute atomic E-state index is 10.7. The molecule has 19 heavy (non-hydrogen) atoms. The molecule has 1 saturated heterocycles. The van der Waals surface area contributed by atoms with Gasteiger partial charge in [-0.2, -0.15) is 4.98 Å². The van der Waals surface area contributed by atoms with Gasteiger partial charge < -0.3 is 15.1 Å². The van der Waals surface area contributed by atoms with Gasteiger partial charge in [0, 0.05) is 24.7 Å². The molecular formula is C12H14N4O3. The van der Waals surface area contributed by atoms with Crippen molar-refractivity contribution in [1.82, 2.24) is 10.3 Å². The number of nitro groups is 1. The van der Waals surface area contributed by atoms with Crippen LogP contribution in [0.15, 0.2) is 22.6 Å². The van der Waals surface area contributed by atoms with Crippen molar-refractivity contribution in [2.24, 2.45) is 0 Å². The van der Waals surface area contributed by atoms with Crippen LogP contribution in [-0.2, 0) is 0 Å². The standard InChI is InChI=1S/C12H14N4O3/c17-16(18)9-3-4-11-10(6-9)15-12(19-11)14-7-8-2-1-5-13-8/h3-4,6,8,13H,1-2,5,7H2,(H,14,15)/t8-/m1/s1. The molecule has 7 nitrogen and oxygen atoms in total. The minimum Gasteiger partial charge on any atom is -0.424 e. The normalized spacial score (nSPS) is 18.8. The minimum absolute atomic E-state index is 0.0183. The molecule has 0 unspecified atom stereocenters. The molecule has 100 valence electrons. The van der Waals surface area contributed by atoms with Gasteiger partial charge in [-0.05, 0) is 25.5 Å². The molecule has 2 heterocycles. The van der Waals surface area contributed by atoms with Gasteiger partial charge in [0.15, 0.2) is 5.58 Å². The number of aromatic nitrogens is 1. The van der Waals surface area contributed by atoms with E-state index in [9.17, 15) is 10.1 Å². The van der Waals surface area contributed by atoms with Gasteiger partial charge in [0.2, 0.25) is 0 Å². The summed E-state index contributed by atoms with van der Waals surface area (Å²) >= 11 is 0. The number of benzene rings is 1. The molecule has 1 aliphatic heterocycles. The predicted molar refractivity (Wildman–Crippen MR) is 70.2 cm³/mol. The third-order valence-corrected chi connectivity index (χ3v) is 3.24. The fraction of sp³-hybridized carbons (Fsp3) is 0.417. The maximum Gasteiger partial charge on any atom is 0.295 e. The number of hydrogen-bond acceptors (Lipinski definition) is 6. The summed E-state index contributed by atoms with van der Waals surface area (Å²) in [5.74, 6) is 0. The lowest BCUT2D eigenvalue weighted by molar-refractivity contribution is -0.384. The summed E-state index contributed by atoms with van der Waals surface area (Å²) in [6.07, 6.45) is 2.32. The van der Waals surface area contributed by atoms with Crippen LogP contribution in [-0.4, -0.2) is 29.0 Å². The summed E-state index contributed by atoms with van der Waals surface area (Å²) in [5.41, 5.74) is 1.06. The van der Waals surface area contributed by atoms with Crippen LogP contribution in [0.25, 0.3) is 11.1 Å². The Morgan fingerprint density at radius 1 is 1.58 bits per heavy atom. The van der Waals surface area contributed by atoms with Gasteiger partial charge in [-0.3, -0.25) is 10.1 Å². The zero-order valence-electron chi connectivity index (χ0n) is 10.3. The minimum atomic E-state index is -0.441. The lowest BCUT2D eigenvalue weighted by atomic mass is 10.2. The van der Waals surface area contributed by atoms with Crippen LogP contribution in [0.2, 0.25) is 0 Å². The average Bonchev–Trinajstić information content (AvgIpc) is 3.04. The highest BCUT2D eigenvalue weighted by molar-refractivity contribution is 5.77. The van der Waals surface area contributed by atoms with Gasteiger partial charge >= 0.3 is 0 Å². The van der Waals surface area contributed by atoms with Gasteiger partial charge in [0.05, 0.1) is 4.92 Å². The quantitative estimate of drug-likeness (QED) is 0.645. The molecule has 3 rings (SSSR count). The average molecular weight is 262 g/mol. The number of rotatable bonds is 4. The molecule has 2 N–H and O–H groups in total. The van der Waals surface area contributed by atoms with Gasteiger partial charge in [-0.25, -0.2) is 0 Å². The molecule has 0 radical (unpaired) electrons. The molecule has 0 spiro atoms. The van der Waals surface area contributed by atoms with Crippen LogP contribution in [0.1, 0.15) is 12.8 Å². The van der Waals surface area contributed by atoms with E-state index >= 15 is 0 Å². The van der Waals surface area contributed by atoms with Crippen molar-refractivity contribution in [1.29, 1.82) is 0 Å². The van der Waals surface area contributed by atoms with Crippen molar-refractivity contribution >= 4 is 22.8 Å². The molecule has 1 aromatic carbocycles. The number of anilines is 1. The first-order chi connectivity index (χ1) is 9.22. The highest BCUT2D eigenvalue weighted by atomic mass is 16.6. The molecule has 2 aromatic rings. The van der Waals surface area contributed by atoms with E-state index in [1.54, 1.807) is 6.07 Å². The van der Waals surface area contributed by atoms with Crippen LogP contribution in [0.5, 0.6) is 0 Å². The molecule has 0 amide bonds. The first kappa shape index (κ1) is 11.9. The SMILES string of the molecule is O=[N+]([O-])c1ccc2oc(NC[C@H]3CCCN3)nc2c1. The fourth-order valence-electron chi connectivity index (χ4n) is 2.25. The predicted octanol–water partition coefficient (Wildman–Crippen LogP) is 1.90. The molecule has 1 fully saturated rings. The molecule has 0 saturated carbocycles. The van der Waals surface area contributed by atoms with E-state index in [-0.39, 0.29) is 5.69 Å². The second-order valence-electron chi connectivity index (χ2n) is 4.60. The number of nitrogens with one attached hydrogen (secondary N) is 2. The fourth-order valence-corrected chi connectivity index (χ4v) is 2.25. The van der Waals surface area contributed by atoms with Crippen LogP contribution in [0.3, 0.4) is 0 Å². The Labute approximate surface area is 109 Å². The number of oxazole rings is 1. The Morgan fingerprint density at radius 2 is 2.47 bits per heavy atom. The lowest BCUT2D eigenvalue weighted by Gasteiger charge is -2.09. The molecule has 1 aliphatic rings. The Balaban J connectivity index is 1.75. The lowest BCUT2D eigenvalue weighted by Crippen LogP contribution is -2.29. The molecule has 0 aliphatic carbocycles. The molecule has 1 atom stereocenters. The third-order valence-electron chi connectivity index (χ3n) is 3.24. The Bertz CT molecular complexity index is 604. The summed E-state index contributed by atoms with van der Waals surface area (Å²) in [7, 11) is 0. The van der Waals surface area contributed by atoms with Crippen LogP contribution in [0, 0.1) is 10.1 Å². The smallest absolute Gasteiger partial charge is 0.295 e. The summed E-state index contributed by atoms with van der Waals surface area (Å²) < 4.78 is 5.49. The number of hydrogen-bond donors (Lipinski definition) is 2. The van der Waals surface area contributed by atoms with E-state index in [0.717, 1.165) is 19.5 Å². The van der Waals surface area contributed by atoms with E-state index in [1.807, 2.05) is 0 Å². The molecule has 1 aromatic heterocycles. The second-order valence-corrected chi connectivity index (χ2v) is 4.60. The van der Waals surface area contributed by atoms with Crippen molar-refractivity contribution in [2.45, 2.75) is 18.9 Å². The topological polar surface area (TPSA) is 93.2 Å². The number of fused-ring (bicyclic) bond motifs is 1. The Morgan fingerprint density at radius 3 is 3.21 bits per heavy atom. The van der Waals surface area contributed by atoms with Gasteiger partial charge in [-0.1, -0.05) is 0 Å². The first-order valence-electron chi connectivity index (χ1n) is 6.24. The maximum atomic E-state index is 10.7.